The van der Waals surface area contributed by atoms with Crippen molar-refractivity contribution in [3.63, 3.8) is 0 Å². The summed E-state index contributed by atoms with van der Waals surface area (Å²) < 4.78 is 4.25. The van der Waals surface area contributed by atoms with E-state index in [2.05, 4.69) is 59.0 Å². The Morgan fingerprint density at radius 2 is 1.06 bits per heavy atom. The minimum Gasteiger partial charge on any atom is -0.324 e. The molecule has 0 bridgehead atoms. The minimum absolute atomic E-state index is 1.19. The molecule has 2 heterocycles. The number of aromatic nitrogens is 2. The topological polar surface area (TPSA) is 9.86 Å². The summed E-state index contributed by atoms with van der Waals surface area (Å²) in [6, 6.07) is 14.7. The first-order valence-corrected chi connectivity index (χ1v) is 5.71. The monoisotopic (exact) mass is 222 g/mol. The van der Waals surface area contributed by atoms with Gasteiger partial charge in [-0.1, -0.05) is 0 Å². The molecule has 0 unspecified atom stereocenters. The lowest BCUT2D eigenvalue weighted by atomic mass is 10.2. The van der Waals surface area contributed by atoms with Gasteiger partial charge in [0.05, 0.1) is 0 Å². The average Bonchev–Trinajstić information content (AvgIpc) is 3.02. The van der Waals surface area contributed by atoms with Gasteiger partial charge in [-0.15, -0.1) is 0 Å². The van der Waals surface area contributed by atoms with Gasteiger partial charge in [-0.05, 0) is 55.0 Å². The molecule has 3 rings (SSSR count). The van der Waals surface area contributed by atoms with Crippen LogP contribution in [0.25, 0.3) is 11.4 Å². The van der Waals surface area contributed by atoms with Gasteiger partial charge in [0.25, 0.3) is 0 Å². The van der Waals surface area contributed by atoms with Gasteiger partial charge in [-0.2, -0.15) is 0 Å². The Morgan fingerprint density at radius 3 is 1.47 bits per heavy atom. The van der Waals surface area contributed by atoms with Crippen LogP contribution in [-0.4, -0.2) is 9.13 Å². The quantitative estimate of drug-likeness (QED) is 0.627. The molecule has 0 saturated heterocycles. The highest BCUT2D eigenvalue weighted by Crippen LogP contribution is 2.17. The summed E-state index contributed by atoms with van der Waals surface area (Å²) in [4.78, 5) is 0. The maximum absolute atomic E-state index is 2.19. The highest BCUT2D eigenvalue weighted by atomic mass is 15.0. The van der Waals surface area contributed by atoms with Gasteiger partial charge in [0.1, 0.15) is 0 Å². The summed E-state index contributed by atoms with van der Waals surface area (Å²) in [5.41, 5.74) is 3.65. The number of hydrogen-bond acceptors (Lipinski definition) is 0. The van der Waals surface area contributed by atoms with Crippen LogP contribution in [0.1, 0.15) is 5.56 Å². The van der Waals surface area contributed by atoms with Crippen molar-refractivity contribution in [1.29, 1.82) is 0 Å². The van der Waals surface area contributed by atoms with E-state index in [0.717, 1.165) is 0 Å². The third-order valence-electron chi connectivity index (χ3n) is 2.85. The fraction of sp³-hybridized carbons (Fsp3) is 0.0667. The second kappa shape index (κ2) is 3.98. The van der Waals surface area contributed by atoms with E-state index in [9.17, 15) is 0 Å². The van der Waals surface area contributed by atoms with Crippen LogP contribution in [-0.2, 0) is 0 Å². The maximum Gasteiger partial charge on any atom is 0.0472 e. The number of aryl methyl sites for hydroxylation is 1. The maximum atomic E-state index is 2.19. The summed E-state index contributed by atoms with van der Waals surface area (Å²) in [7, 11) is 0. The van der Waals surface area contributed by atoms with Crippen molar-refractivity contribution in [3.8, 4) is 11.4 Å². The van der Waals surface area contributed by atoms with Crippen molar-refractivity contribution in [1.82, 2.24) is 9.13 Å². The lowest BCUT2D eigenvalue weighted by molar-refractivity contribution is 1.03. The van der Waals surface area contributed by atoms with Gasteiger partial charge >= 0.3 is 0 Å². The molecule has 0 atom stereocenters. The Balaban J connectivity index is 2.13. The Bertz CT molecular complexity index is 552. The van der Waals surface area contributed by atoms with Crippen molar-refractivity contribution in [3.05, 3.63) is 72.8 Å². The lowest BCUT2D eigenvalue weighted by Gasteiger charge is -2.09. The number of hydrogen-bond donors (Lipinski definition) is 0. The predicted molar refractivity (Wildman–Crippen MR) is 69.8 cm³/mol. The van der Waals surface area contributed by atoms with E-state index in [1.807, 2.05) is 24.3 Å². The molecule has 17 heavy (non-hydrogen) atoms. The number of benzene rings is 1. The molecule has 2 nitrogen and oxygen atoms in total. The first kappa shape index (κ1) is 9.97. The van der Waals surface area contributed by atoms with Crippen molar-refractivity contribution in [2.75, 3.05) is 0 Å². The third-order valence-corrected chi connectivity index (χ3v) is 2.85. The van der Waals surface area contributed by atoms with Gasteiger partial charge in [-0.3, -0.25) is 0 Å². The van der Waals surface area contributed by atoms with Crippen LogP contribution in [0.3, 0.4) is 0 Å². The van der Waals surface area contributed by atoms with E-state index in [4.69, 9.17) is 0 Å². The first-order chi connectivity index (χ1) is 8.33. The average molecular weight is 222 g/mol. The van der Waals surface area contributed by atoms with Crippen molar-refractivity contribution in [2.45, 2.75) is 6.92 Å². The summed E-state index contributed by atoms with van der Waals surface area (Å²) >= 11 is 0. The van der Waals surface area contributed by atoms with Gasteiger partial charge in [0, 0.05) is 36.2 Å². The molecule has 0 aliphatic carbocycles. The Labute approximate surface area is 101 Å². The lowest BCUT2D eigenvalue weighted by Crippen LogP contribution is -1.96. The van der Waals surface area contributed by atoms with E-state index in [1.165, 1.54) is 16.9 Å². The van der Waals surface area contributed by atoms with E-state index in [-0.39, 0.29) is 0 Å². The molecule has 0 fully saturated rings. The molecule has 2 heteroatoms. The highest BCUT2D eigenvalue weighted by molar-refractivity contribution is 5.47. The van der Waals surface area contributed by atoms with E-state index in [1.54, 1.807) is 0 Å². The van der Waals surface area contributed by atoms with Gasteiger partial charge in [0.2, 0.25) is 0 Å². The van der Waals surface area contributed by atoms with Crippen LogP contribution in [0.5, 0.6) is 0 Å². The largest absolute Gasteiger partial charge is 0.324 e. The molecule has 0 aliphatic heterocycles. The smallest absolute Gasteiger partial charge is 0.0472 e. The zero-order valence-corrected chi connectivity index (χ0v) is 9.75. The van der Waals surface area contributed by atoms with Gasteiger partial charge < -0.3 is 9.13 Å². The normalized spacial score (nSPS) is 10.6. The summed E-state index contributed by atoms with van der Waals surface area (Å²) in [5.74, 6) is 0. The minimum atomic E-state index is 1.19. The van der Waals surface area contributed by atoms with Crippen molar-refractivity contribution >= 4 is 0 Å². The number of rotatable bonds is 2. The molecule has 84 valence electrons. The summed E-state index contributed by atoms with van der Waals surface area (Å²) in [5, 5.41) is 0. The molecule has 2 aromatic heterocycles. The van der Waals surface area contributed by atoms with Crippen LogP contribution < -0.4 is 0 Å². The summed E-state index contributed by atoms with van der Waals surface area (Å²) in [6.07, 6.45) is 8.25. The standard InChI is InChI=1S/C15H14N2/c1-13-10-14(16-6-2-3-7-16)12-15(11-13)17-8-4-5-9-17/h2-12H,1H3. The molecular weight excluding hydrogens is 208 g/mol. The molecule has 0 spiro atoms. The Morgan fingerprint density at radius 1 is 0.647 bits per heavy atom. The molecule has 1 aromatic carbocycles. The fourth-order valence-electron chi connectivity index (χ4n) is 2.05. The molecular formula is C15H14N2. The highest BCUT2D eigenvalue weighted by Gasteiger charge is 2.01. The Kier molecular flexibility index (Phi) is 2.33. The first-order valence-electron chi connectivity index (χ1n) is 5.71. The fourth-order valence-corrected chi connectivity index (χ4v) is 2.05. The zero-order valence-electron chi connectivity index (χ0n) is 9.75. The summed E-state index contributed by atoms with van der Waals surface area (Å²) in [6.45, 7) is 2.12. The predicted octanol–water partition coefficient (Wildman–Crippen LogP) is 3.58. The third kappa shape index (κ3) is 1.89. The SMILES string of the molecule is Cc1cc(-n2cccc2)cc(-n2cccc2)c1. The van der Waals surface area contributed by atoms with E-state index >= 15 is 0 Å². The molecule has 0 amide bonds. The second-order valence-corrected chi connectivity index (χ2v) is 4.21. The van der Waals surface area contributed by atoms with Crippen LogP contribution in [0.4, 0.5) is 0 Å². The van der Waals surface area contributed by atoms with E-state index in [0.29, 0.717) is 0 Å². The molecule has 0 saturated carbocycles. The molecule has 0 N–H and O–H groups in total. The molecule has 0 radical (unpaired) electrons. The van der Waals surface area contributed by atoms with Gasteiger partial charge in [0.15, 0.2) is 0 Å². The van der Waals surface area contributed by atoms with Crippen LogP contribution in [0.2, 0.25) is 0 Å². The van der Waals surface area contributed by atoms with E-state index < -0.39 is 0 Å². The van der Waals surface area contributed by atoms with Crippen LogP contribution in [0.15, 0.2) is 67.3 Å². The molecule has 3 aromatic rings. The number of nitrogens with zero attached hydrogens (tertiary/aromatic N) is 2. The van der Waals surface area contributed by atoms with Crippen LogP contribution in [0, 0.1) is 6.92 Å². The van der Waals surface area contributed by atoms with Crippen molar-refractivity contribution < 1.29 is 0 Å². The zero-order chi connectivity index (χ0) is 11.7. The molecule has 0 aliphatic rings. The Hall–Kier alpha value is -2.22. The van der Waals surface area contributed by atoms with Gasteiger partial charge in [-0.25, -0.2) is 0 Å². The second-order valence-electron chi connectivity index (χ2n) is 4.21. The van der Waals surface area contributed by atoms with Crippen molar-refractivity contribution in [2.24, 2.45) is 0 Å². The van der Waals surface area contributed by atoms with Crippen LogP contribution >= 0.6 is 0 Å².